The van der Waals surface area contributed by atoms with Crippen molar-refractivity contribution in [1.82, 2.24) is 10.6 Å². The average Bonchev–Trinajstić information content (AvgIpc) is 3.12. The third kappa shape index (κ3) is 3.92. The largest absolute Gasteiger partial charge is 0.487 e. The highest BCUT2D eigenvalue weighted by atomic mass is 32.1. The Morgan fingerprint density at radius 1 is 1.26 bits per heavy atom. The molecule has 0 radical (unpaired) electrons. The van der Waals surface area contributed by atoms with Gasteiger partial charge in [0.2, 0.25) is 0 Å². The van der Waals surface area contributed by atoms with Gasteiger partial charge < -0.3 is 15.4 Å². The van der Waals surface area contributed by atoms with E-state index in [4.69, 9.17) is 4.74 Å². The van der Waals surface area contributed by atoms with Crippen LogP contribution in [0.15, 0.2) is 35.7 Å². The predicted molar refractivity (Wildman–Crippen MR) is 93.2 cm³/mol. The van der Waals surface area contributed by atoms with Crippen LogP contribution in [0.4, 0.5) is 0 Å². The van der Waals surface area contributed by atoms with E-state index < -0.39 is 0 Å². The molecule has 1 aromatic heterocycles. The summed E-state index contributed by atoms with van der Waals surface area (Å²) in [4.78, 5) is 12.6. The van der Waals surface area contributed by atoms with Crippen LogP contribution in [-0.2, 0) is 13.0 Å². The molecule has 1 aliphatic heterocycles. The highest BCUT2D eigenvalue weighted by Crippen LogP contribution is 2.37. The van der Waals surface area contributed by atoms with E-state index in [1.807, 2.05) is 17.5 Å². The van der Waals surface area contributed by atoms with Crippen LogP contribution in [0.1, 0.15) is 34.6 Å². The topological polar surface area (TPSA) is 50.4 Å². The molecule has 5 heteroatoms. The number of amides is 1. The van der Waals surface area contributed by atoms with Crippen LogP contribution < -0.4 is 15.4 Å². The van der Waals surface area contributed by atoms with E-state index in [1.54, 1.807) is 0 Å². The molecule has 0 saturated heterocycles. The van der Waals surface area contributed by atoms with Crippen LogP contribution in [0, 0.1) is 0 Å². The maximum Gasteiger partial charge on any atom is 0.261 e. The molecule has 1 amide bonds. The number of nitrogens with one attached hydrogen (secondary N) is 2. The van der Waals surface area contributed by atoms with Crippen molar-refractivity contribution >= 4 is 17.2 Å². The summed E-state index contributed by atoms with van der Waals surface area (Å²) in [6.45, 7) is 6.31. The number of carbonyl (C=O) groups excluding carboxylic acids is 1. The maximum absolute atomic E-state index is 11.8. The summed E-state index contributed by atoms with van der Waals surface area (Å²) in [5, 5.41) is 8.19. The van der Waals surface area contributed by atoms with Gasteiger partial charge >= 0.3 is 0 Å². The first-order valence-electron chi connectivity index (χ1n) is 7.87. The second-order valence-electron chi connectivity index (χ2n) is 6.35. The van der Waals surface area contributed by atoms with E-state index in [9.17, 15) is 4.79 Å². The number of ether oxygens (including phenoxy) is 1. The molecule has 1 aromatic carbocycles. The van der Waals surface area contributed by atoms with Crippen LogP contribution >= 0.6 is 11.3 Å². The molecule has 2 aromatic rings. The summed E-state index contributed by atoms with van der Waals surface area (Å²) in [5.74, 6) is 1.01. The van der Waals surface area contributed by atoms with Gasteiger partial charge in [0.25, 0.3) is 5.91 Å². The van der Waals surface area contributed by atoms with Crippen molar-refractivity contribution in [3.63, 3.8) is 0 Å². The molecule has 0 fully saturated rings. The summed E-state index contributed by atoms with van der Waals surface area (Å²) in [6.07, 6.45) is 0.951. The number of hydrogen-bond acceptors (Lipinski definition) is 4. The van der Waals surface area contributed by atoms with E-state index in [-0.39, 0.29) is 11.5 Å². The van der Waals surface area contributed by atoms with E-state index >= 15 is 0 Å². The van der Waals surface area contributed by atoms with Crippen LogP contribution in [0.2, 0.25) is 0 Å². The number of rotatable bonds is 6. The van der Waals surface area contributed by atoms with Gasteiger partial charge in [0.05, 0.1) is 4.88 Å². The molecule has 23 heavy (non-hydrogen) atoms. The van der Waals surface area contributed by atoms with E-state index in [2.05, 4.69) is 42.7 Å². The fraction of sp³-hybridized carbons (Fsp3) is 0.389. The Hall–Kier alpha value is -1.85. The molecule has 0 atom stereocenters. The first kappa shape index (κ1) is 16.0. The quantitative estimate of drug-likeness (QED) is 0.801. The Morgan fingerprint density at radius 2 is 2.13 bits per heavy atom. The molecule has 0 saturated carbocycles. The van der Waals surface area contributed by atoms with Crippen molar-refractivity contribution in [2.45, 2.75) is 32.4 Å². The lowest BCUT2D eigenvalue weighted by Gasteiger charge is -2.18. The highest BCUT2D eigenvalue weighted by Gasteiger charge is 2.31. The molecule has 1 aliphatic rings. The number of fused-ring (bicyclic) bond motifs is 1. The Morgan fingerprint density at radius 3 is 2.91 bits per heavy atom. The Bertz CT molecular complexity index is 680. The van der Waals surface area contributed by atoms with Crippen molar-refractivity contribution in [2.24, 2.45) is 0 Å². The molecular weight excluding hydrogens is 308 g/mol. The summed E-state index contributed by atoms with van der Waals surface area (Å²) >= 11 is 1.46. The van der Waals surface area contributed by atoms with Crippen molar-refractivity contribution in [3.05, 3.63) is 51.7 Å². The van der Waals surface area contributed by atoms with Gasteiger partial charge in [0, 0.05) is 31.6 Å². The minimum Gasteiger partial charge on any atom is -0.487 e. The Balaban J connectivity index is 1.45. The predicted octanol–water partition coefficient (Wildman–Crippen LogP) is 2.98. The second-order valence-corrected chi connectivity index (χ2v) is 7.30. The van der Waals surface area contributed by atoms with Crippen LogP contribution in [0.3, 0.4) is 0 Å². The second kappa shape index (κ2) is 6.72. The van der Waals surface area contributed by atoms with E-state index in [1.165, 1.54) is 22.5 Å². The number of carbonyl (C=O) groups is 1. The monoisotopic (exact) mass is 330 g/mol. The minimum atomic E-state index is -0.118. The minimum absolute atomic E-state index is 0.00696. The maximum atomic E-state index is 11.8. The lowest BCUT2D eigenvalue weighted by molar-refractivity contribution is 0.0957. The third-order valence-corrected chi connectivity index (χ3v) is 4.69. The SMILES string of the molecule is CC1(C)Cc2cccc(CNCCNC(=O)c3cccs3)c2O1. The van der Waals surface area contributed by atoms with Crippen LogP contribution in [0.5, 0.6) is 5.75 Å². The lowest BCUT2D eigenvalue weighted by atomic mass is 10.0. The normalized spacial score (nSPS) is 15.0. The molecule has 4 nitrogen and oxygen atoms in total. The smallest absolute Gasteiger partial charge is 0.261 e. The van der Waals surface area contributed by atoms with Gasteiger partial charge in [-0.3, -0.25) is 4.79 Å². The molecule has 0 bridgehead atoms. The number of hydrogen-bond donors (Lipinski definition) is 2. The van der Waals surface area contributed by atoms with Gasteiger partial charge in [-0.1, -0.05) is 24.3 Å². The molecule has 122 valence electrons. The molecule has 2 N–H and O–H groups in total. The number of para-hydroxylation sites is 1. The molecule has 0 aliphatic carbocycles. The van der Waals surface area contributed by atoms with Gasteiger partial charge in [-0.05, 0) is 30.9 Å². The summed E-state index contributed by atoms with van der Waals surface area (Å²) in [6, 6.07) is 10.0. The number of benzene rings is 1. The lowest BCUT2D eigenvalue weighted by Crippen LogP contribution is -2.31. The fourth-order valence-electron chi connectivity index (χ4n) is 2.80. The standard InChI is InChI=1S/C18H22N2O2S/c1-18(2)11-13-5-3-6-14(16(13)22-18)12-19-8-9-20-17(21)15-7-4-10-23-15/h3-7,10,19H,8-9,11-12H2,1-2H3,(H,20,21). The molecule has 3 rings (SSSR count). The summed E-state index contributed by atoms with van der Waals surface area (Å²) < 4.78 is 6.06. The Kier molecular flexibility index (Phi) is 4.68. The van der Waals surface area contributed by atoms with Crippen molar-refractivity contribution < 1.29 is 9.53 Å². The van der Waals surface area contributed by atoms with Crippen molar-refractivity contribution in [2.75, 3.05) is 13.1 Å². The van der Waals surface area contributed by atoms with Crippen molar-refractivity contribution in [1.29, 1.82) is 0 Å². The summed E-state index contributed by atoms with van der Waals surface area (Å²) in [7, 11) is 0. The van der Waals surface area contributed by atoms with Gasteiger partial charge in [-0.15, -0.1) is 11.3 Å². The van der Waals surface area contributed by atoms with Gasteiger partial charge in [-0.2, -0.15) is 0 Å². The zero-order valence-electron chi connectivity index (χ0n) is 13.5. The fourth-order valence-corrected chi connectivity index (χ4v) is 3.44. The zero-order chi connectivity index (χ0) is 16.3. The molecule has 0 unspecified atom stereocenters. The van der Waals surface area contributed by atoms with Gasteiger partial charge in [-0.25, -0.2) is 0 Å². The number of thiophene rings is 1. The van der Waals surface area contributed by atoms with Gasteiger partial charge in [0.1, 0.15) is 11.4 Å². The molecule has 0 spiro atoms. The van der Waals surface area contributed by atoms with Crippen LogP contribution in [0.25, 0.3) is 0 Å². The van der Waals surface area contributed by atoms with Gasteiger partial charge in [0.15, 0.2) is 0 Å². The summed E-state index contributed by atoms with van der Waals surface area (Å²) in [5.41, 5.74) is 2.34. The van der Waals surface area contributed by atoms with Crippen LogP contribution in [-0.4, -0.2) is 24.6 Å². The third-order valence-electron chi connectivity index (χ3n) is 3.82. The first-order valence-corrected chi connectivity index (χ1v) is 8.75. The molecule has 2 heterocycles. The Labute approximate surface area is 140 Å². The highest BCUT2D eigenvalue weighted by molar-refractivity contribution is 7.12. The van der Waals surface area contributed by atoms with E-state index in [0.717, 1.165) is 30.1 Å². The zero-order valence-corrected chi connectivity index (χ0v) is 14.3. The van der Waals surface area contributed by atoms with Crippen molar-refractivity contribution in [3.8, 4) is 5.75 Å². The van der Waals surface area contributed by atoms with E-state index in [0.29, 0.717) is 6.54 Å². The first-order chi connectivity index (χ1) is 11.1. The average molecular weight is 330 g/mol. The molecular formula is C18H22N2O2S.